The molecule has 0 saturated heterocycles. The Labute approximate surface area is 139 Å². The molecule has 0 N–H and O–H groups in total. The quantitative estimate of drug-likeness (QED) is 0.583. The molecule has 7 nitrogen and oxygen atoms in total. The molecular weight excluding hydrogens is 342 g/mol. The minimum absolute atomic E-state index is 0.0992. The number of ether oxygens (including phenoxy) is 1. The smallest absolute Gasteiger partial charge is 0.271 e. The molecule has 0 bridgehead atoms. The van der Waals surface area contributed by atoms with Crippen molar-refractivity contribution in [2.75, 3.05) is 18.1 Å². The van der Waals surface area contributed by atoms with Crippen LogP contribution < -0.4 is 4.31 Å². The van der Waals surface area contributed by atoms with Gasteiger partial charge >= 0.3 is 0 Å². The molecule has 0 spiro atoms. The van der Waals surface area contributed by atoms with Gasteiger partial charge in [-0.15, -0.1) is 0 Å². The Morgan fingerprint density at radius 1 is 1.48 bits per heavy atom. The van der Waals surface area contributed by atoms with Crippen molar-refractivity contribution >= 4 is 27.5 Å². The molecule has 124 valence electrons. The zero-order valence-electron chi connectivity index (χ0n) is 12.7. The van der Waals surface area contributed by atoms with E-state index in [1.807, 2.05) is 0 Å². The molecule has 0 amide bonds. The number of hydrogen-bond acceptors (Lipinski definition) is 6. The predicted molar refractivity (Wildman–Crippen MR) is 84.0 cm³/mol. The van der Waals surface area contributed by atoms with Gasteiger partial charge < -0.3 is 9.26 Å². The average molecular weight is 358 g/mol. The van der Waals surface area contributed by atoms with Gasteiger partial charge in [0.25, 0.3) is 10.0 Å². The van der Waals surface area contributed by atoms with Crippen molar-refractivity contribution in [3.05, 3.63) is 34.7 Å². The Morgan fingerprint density at radius 2 is 2.22 bits per heavy atom. The number of methoxy groups -OCH3 is 1. The number of nitrogens with zero attached hydrogens (tertiary/aromatic N) is 3. The van der Waals surface area contributed by atoms with E-state index in [-0.39, 0.29) is 28.6 Å². The number of aromatic nitrogens is 2. The third kappa shape index (κ3) is 2.93. The Balaban J connectivity index is 2.11. The van der Waals surface area contributed by atoms with E-state index in [2.05, 4.69) is 10.1 Å². The number of aryl methyl sites for hydroxylation is 1. The zero-order chi connectivity index (χ0) is 16.6. The van der Waals surface area contributed by atoms with Crippen LogP contribution in [0.15, 0.2) is 27.7 Å². The molecule has 2 aromatic heterocycles. The highest BCUT2D eigenvalue weighted by Gasteiger charge is 2.38. The highest BCUT2D eigenvalue weighted by Crippen LogP contribution is 2.47. The number of hydrogen-bond donors (Lipinski definition) is 0. The molecule has 0 atom stereocenters. The number of sulfonamides is 1. The van der Waals surface area contributed by atoms with Crippen molar-refractivity contribution in [2.24, 2.45) is 0 Å². The van der Waals surface area contributed by atoms with Gasteiger partial charge in [0.05, 0.1) is 5.69 Å². The first-order valence-corrected chi connectivity index (χ1v) is 8.87. The lowest BCUT2D eigenvalue weighted by molar-refractivity contribution is 0.205. The van der Waals surface area contributed by atoms with Crippen LogP contribution in [0, 0.1) is 6.92 Å². The first-order chi connectivity index (χ1) is 11.0. The fraction of sp³-hybridized carbons (Fsp3) is 0.429. The number of halogens is 1. The average Bonchev–Trinajstić information content (AvgIpc) is 3.28. The molecule has 1 saturated carbocycles. The normalized spacial score (nSPS) is 14.9. The Kier molecular flexibility index (Phi) is 4.31. The lowest BCUT2D eigenvalue weighted by atomic mass is 10.1. The molecule has 0 radical (unpaired) electrons. The zero-order valence-corrected chi connectivity index (χ0v) is 14.3. The standard InChI is InChI=1S/C14H16ClN3O4S/c1-9-12(10-5-6-10)14(22-17-9)18(8-21-2)23(19,20)11-4-3-7-16-13(11)15/h3-4,7,10H,5-6,8H2,1-2H3. The third-order valence-corrected chi connectivity index (χ3v) is 5.79. The van der Waals surface area contributed by atoms with Crippen LogP contribution in [-0.4, -0.2) is 32.4 Å². The van der Waals surface area contributed by atoms with Crippen molar-refractivity contribution in [1.29, 1.82) is 0 Å². The van der Waals surface area contributed by atoms with Gasteiger partial charge in [-0.1, -0.05) is 16.8 Å². The van der Waals surface area contributed by atoms with Crippen molar-refractivity contribution in [3.8, 4) is 0 Å². The summed E-state index contributed by atoms with van der Waals surface area (Å²) in [4.78, 5) is 3.73. The summed E-state index contributed by atoms with van der Waals surface area (Å²) in [6.45, 7) is 1.59. The molecule has 1 aliphatic rings. The van der Waals surface area contributed by atoms with Crippen LogP contribution in [0.25, 0.3) is 0 Å². The lowest BCUT2D eigenvalue weighted by Crippen LogP contribution is -2.33. The van der Waals surface area contributed by atoms with Gasteiger partial charge in [-0.05, 0) is 37.8 Å². The second-order valence-corrected chi connectivity index (χ2v) is 7.51. The van der Waals surface area contributed by atoms with E-state index in [1.165, 1.54) is 25.4 Å². The third-order valence-electron chi connectivity index (χ3n) is 3.64. The molecular formula is C14H16ClN3O4S. The van der Waals surface area contributed by atoms with Gasteiger partial charge in [0, 0.05) is 18.9 Å². The maximum absolute atomic E-state index is 13.0. The summed E-state index contributed by atoms with van der Waals surface area (Å²) in [5, 5.41) is 3.83. The van der Waals surface area contributed by atoms with E-state index in [9.17, 15) is 8.42 Å². The van der Waals surface area contributed by atoms with Gasteiger partial charge in [-0.25, -0.2) is 17.7 Å². The fourth-order valence-corrected chi connectivity index (χ4v) is 4.18. The summed E-state index contributed by atoms with van der Waals surface area (Å²) in [6, 6.07) is 2.91. The van der Waals surface area contributed by atoms with Crippen molar-refractivity contribution in [3.63, 3.8) is 0 Å². The van der Waals surface area contributed by atoms with Crippen LogP contribution in [0.4, 0.5) is 5.88 Å². The van der Waals surface area contributed by atoms with E-state index >= 15 is 0 Å². The largest absolute Gasteiger partial charge is 0.363 e. The van der Waals surface area contributed by atoms with Gasteiger partial charge in [0.2, 0.25) is 5.88 Å². The molecule has 0 aliphatic heterocycles. The Bertz CT molecular complexity index is 817. The number of anilines is 1. The second kappa shape index (κ2) is 6.10. The molecule has 1 aliphatic carbocycles. The SMILES string of the molecule is COCN(c1onc(C)c1C1CC1)S(=O)(=O)c1cccnc1Cl. The monoisotopic (exact) mass is 357 g/mol. The van der Waals surface area contributed by atoms with Crippen LogP contribution in [0.1, 0.15) is 30.0 Å². The topological polar surface area (TPSA) is 85.5 Å². The van der Waals surface area contributed by atoms with E-state index in [4.69, 9.17) is 20.9 Å². The van der Waals surface area contributed by atoms with Crippen LogP contribution in [-0.2, 0) is 14.8 Å². The van der Waals surface area contributed by atoms with Crippen molar-refractivity contribution in [2.45, 2.75) is 30.6 Å². The second-order valence-electron chi connectivity index (χ2n) is 5.32. The first-order valence-electron chi connectivity index (χ1n) is 7.05. The summed E-state index contributed by atoms with van der Waals surface area (Å²) < 4.78 is 37.4. The minimum atomic E-state index is -3.98. The highest BCUT2D eigenvalue weighted by molar-refractivity contribution is 7.93. The number of rotatable bonds is 6. The van der Waals surface area contributed by atoms with E-state index in [0.717, 1.165) is 22.7 Å². The molecule has 9 heteroatoms. The lowest BCUT2D eigenvalue weighted by Gasteiger charge is -2.21. The molecule has 0 aromatic carbocycles. The van der Waals surface area contributed by atoms with Gasteiger partial charge in [0.15, 0.2) is 0 Å². The summed E-state index contributed by atoms with van der Waals surface area (Å²) >= 11 is 5.96. The Morgan fingerprint density at radius 3 is 2.83 bits per heavy atom. The first kappa shape index (κ1) is 16.2. The van der Waals surface area contributed by atoms with Crippen LogP contribution in [0.5, 0.6) is 0 Å². The van der Waals surface area contributed by atoms with E-state index in [1.54, 1.807) is 6.92 Å². The summed E-state index contributed by atoms with van der Waals surface area (Å²) in [6.07, 6.45) is 3.41. The molecule has 2 heterocycles. The van der Waals surface area contributed by atoms with Crippen molar-refractivity contribution < 1.29 is 17.7 Å². The summed E-state index contributed by atoms with van der Waals surface area (Å²) in [5.74, 6) is 0.460. The summed E-state index contributed by atoms with van der Waals surface area (Å²) in [5.41, 5.74) is 1.50. The predicted octanol–water partition coefficient (Wildman–Crippen LogP) is 2.71. The van der Waals surface area contributed by atoms with Gasteiger partial charge in [-0.2, -0.15) is 0 Å². The minimum Gasteiger partial charge on any atom is -0.363 e. The molecule has 0 unspecified atom stereocenters. The maximum Gasteiger partial charge on any atom is 0.271 e. The van der Waals surface area contributed by atoms with Crippen LogP contribution in [0.3, 0.4) is 0 Å². The molecule has 2 aromatic rings. The maximum atomic E-state index is 13.0. The van der Waals surface area contributed by atoms with Gasteiger partial charge in [0.1, 0.15) is 16.8 Å². The van der Waals surface area contributed by atoms with E-state index in [0.29, 0.717) is 5.69 Å². The Hall–Kier alpha value is -1.64. The molecule has 23 heavy (non-hydrogen) atoms. The highest BCUT2D eigenvalue weighted by atomic mass is 35.5. The number of pyridine rings is 1. The molecule has 3 rings (SSSR count). The van der Waals surface area contributed by atoms with E-state index < -0.39 is 10.0 Å². The fourth-order valence-electron chi connectivity index (χ4n) is 2.42. The van der Waals surface area contributed by atoms with Crippen molar-refractivity contribution in [1.82, 2.24) is 10.1 Å². The van der Waals surface area contributed by atoms with Crippen LogP contribution in [0.2, 0.25) is 5.15 Å². The molecule has 1 fully saturated rings. The van der Waals surface area contributed by atoms with Crippen LogP contribution >= 0.6 is 11.6 Å². The summed E-state index contributed by atoms with van der Waals surface area (Å²) in [7, 11) is -2.57. The van der Waals surface area contributed by atoms with Gasteiger partial charge in [-0.3, -0.25) is 0 Å².